The van der Waals surface area contributed by atoms with Crippen LogP contribution in [0.25, 0.3) is 0 Å². The Bertz CT molecular complexity index is 437. The van der Waals surface area contributed by atoms with Crippen LogP contribution >= 0.6 is 0 Å². The van der Waals surface area contributed by atoms with E-state index < -0.39 is 12.0 Å². The highest BCUT2D eigenvalue weighted by Crippen LogP contribution is 2.55. The molecular weight excluding hydrogens is 268 g/mol. The van der Waals surface area contributed by atoms with Crippen molar-refractivity contribution in [2.75, 3.05) is 0 Å². The SMILES string of the molecule is O=C(NC(C(=O)O)C1CC1)NC12CC3CC(CC(C3)C1)C2. The summed E-state index contributed by atoms with van der Waals surface area (Å²) in [6.45, 7) is 0. The smallest absolute Gasteiger partial charge is 0.326 e. The minimum Gasteiger partial charge on any atom is -0.480 e. The van der Waals surface area contributed by atoms with Crippen LogP contribution in [-0.2, 0) is 4.79 Å². The van der Waals surface area contributed by atoms with Crippen LogP contribution in [-0.4, -0.2) is 28.7 Å². The zero-order valence-electron chi connectivity index (χ0n) is 12.3. The van der Waals surface area contributed by atoms with Crippen molar-refractivity contribution < 1.29 is 14.7 Å². The molecule has 5 rings (SSSR count). The van der Waals surface area contributed by atoms with Crippen LogP contribution in [0, 0.1) is 23.7 Å². The summed E-state index contributed by atoms with van der Waals surface area (Å²) in [5.41, 5.74) is -0.0502. The summed E-state index contributed by atoms with van der Waals surface area (Å²) in [4.78, 5) is 23.5. The third-order valence-corrected chi connectivity index (χ3v) is 6.06. The first-order valence-corrected chi connectivity index (χ1v) is 8.34. The van der Waals surface area contributed by atoms with Gasteiger partial charge in [0.1, 0.15) is 6.04 Å². The topological polar surface area (TPSA) is 78.4 Å². The minimum atomic E-state index is -0.904. The van der Waals surface area contributed by atoms with E-state index in [4.69, 9.17) is 0 Å². The molecule has 5 heteroatoms. The van der Waals surface area contributed by atoms with Crippen LogP contribution in [0.1, 0.15) is 51.4 Å². The molecular formula is C16H24N2O3. The van der Waals surface area contributed by atoms with Crippen LogP contribution in [0.3, 0.4) is 0 Å². The van der Waals surface area contributed by atoms with E-state index in [1.54, 1.807) is 0 Å². The first kappa shape index (κ1) is 13.4. The number of hydrogen-bond donors (Lipinski definition) is 3. The second kappa shape index (κ2) is 4.62. The Kier molecular flexibility index (Phi) is 2.95. The Balaban J connectivity index is 1.41. The molecule has 0 aliphatic heterocycles. The van der Waals surface area contributed by atoms with Gasteiger partial charge in [0, 0.05) is 5.54 Å². The predicted molar refractivity (Wildman–Crippen MR) is 76.7 cm³/mol. The molecule has 4 bridgehead atoms. The number of aliphatic carboxylic acids is 1. The average Bonchev–Trinajstić information content (AvgIpc) is 3.17. The van der Waals surface area contributed by atoms with Crippen LogP contribution in [0.5, 0.6) is 0 Å². The molecule has 5 aliphatic carbocycles. The molecule has 0 spiro atoms. The van der Waals surface area contributed by atoms with Crippen molar-refractivity contribution in [3.05, 3.63) is 0 Å². The number of urea groups is 1. The molecule has 1 atom stereocenters. The molecule has 0 aromatic heterocycles. The molecule has 116 valence electrons. The van der Waals surface area contributed by atoms with Gasteiger partial charge in [-0.1, -0.05) is 0 Å². The zero-order chi connectivity index (χ0) is 14.6. The lowest BCUT2D eigenvalue weighted by Gasteiger charge is -2.56. The second-order valence-corrected chi connectivity index (χ2v) is 7.95. The lowest BCUT2D eigenvalue weighted by Crippen LogP contribution is -2.62. The monoisotopic (exact) mass is 292 g/mol. The molecule has 0 radical (unpaired) electrons. The molecule has 2 amide bonds. The van der Waals surface area contributed by atoms with Gasteiger partial charge in [-0.25, -0.2) is 9.59 Å². The van der Waals surface area contributed by atoms with E-state index in [0.717, 1.165) is 49.9 Å². The van der Waals surface area contributed by atoms with E-state index in [1.807, 2.05) is 0 Å². The van der Waals surface area contributed by atoms with Crippen LogP contribution in [0.15, 0.2) is 0 Å². The maximum absolute atomic E-state index is 12.3. The lowest BCUT2D eigenvalue weighted by molar-refractivity contribution is -0.139. The number of carbonyl (C=O) groups is 2. The number of nitrogens with one attached hydrogen (secondary N) is 2. The highest BCUT2D eigenvalue weighted by Gasteiger charge is 2.51. The Hall–Kier alpha value is -1.26. The van der Waals surface area contributed by atoms with Crippen molar-refractivity contribution in [3.8, 4) is 0 Å². The van der Waals surface area contributed by atoms with Gasteiger partial charge in [0.15, 0.2) is 0 Å². The third kappa shape index (κ3) is 2.51. The molecule has 0 saturated heterocycles. The minimum absolute atomic E-state index is 0.0502. The molecule has 1 unspecified atom stereocenters. The van der Waals surface area contributed by atoms with Gasteiger partial charge in [-0.2, -0.15) is 0 Å². The van der Waals surface area contributed by atoms with E-state index >= 15 is 0 Å². The summed E-state index contributed by atoms with van der Waals surface area (Å²) in [5, 5.41) is 15.1. The molecule has 21 heavy (non-hydrogen) atoms. The summed E-state index contributed by atoms with van der Waals surface area (Å²) < 4.78 is 0. The van der Waals surface area contributed by atoms with Gasteiger partial charge in [0.05, 0.1) is 0 Å². The number of carboxylic acids is 1. The van der Waals surface area contributed by atoms with E-state index in [9.17, 15) is 14.7 Å². The summed E-state index contributed by atoms with van der Waals surface area (Å²) >= 11 is 0. The molecule has 5 nitrogen and oxygen atoms in total. The van der Waals surface area contributed by atoms with Crippen molar-refractivity contribution in [2.45, 2.75) is 62.9 Å². The van der Waals surface area contributed by atoms with Crippen molar-refractivity contribution in [2.24, 2.45) is 23.7 Å². The Labute approximate surface area is 124 Å². The van der Waals surface area contributed by atoms with Gasteiger partial charge < -0.3 is 15.7 Å². The maximum Gasteiger partial charge on any atom is 0.326 e. The van der Waals surface area contributed by atoms with Crippen LogP contribution < -0.4 is 10.6 Å². The fourth-order valence-corrected chi connectivity index (χ4v) is 5.49. The van der Waals surface area contributed by atoms with E-state index in [-0.39, 0.29) is 17.5 Å². The molecule has 5 aliphatic rings. The van der Waals surface area contributed by atoms with E-state index in [1.165, 1.54) is 19.3 Å². The van der Waals surface area contributed by atoms with Crippen molar-refractivity contribution >= 4 is 12.0 Å². The van der Waals surface area contributed by atoms with Crippen molar-refractivity contribution in [1.82, 2.24) is 10.6 Å². The number of carboxylic acid groups (broad SMARTS) is 1. The quantitative estimate of drug-likeness (QED) is 0.742. The first-order valence-electron chi connectivity index (χ1n) is 8.34. The molecule has 0 aromatic rings. The van der Waals surface area contributed by atoms with Gasteiger partial charge in [-0.05, 0) is 75.0 Å². The predicted octanol–water partition coefficient (Wildman–Crippen LogP) is 2.12. The highest BCUT2D eigenvalue weighted by molar-refractivity contribution is 5.83. The summed E-state index contributed by atoms with van der Waals surface area (Å²) in [6, 6.07) is -0.977. The van der Waals surface area contributed by atoms with E-state index in [2.05, 4.69) is 10.6 Å². The number of carbonyl (C=O) groups excluding carboxylic acids is 1. The van der Waals surface area contributed by atoms with Gasteiger partial charge in [-0.15, -0.1) is 0 Å². The van der Waals surface area contributed by atoms with Crippen molar-refractivity contribution in [1.29, 1.82) is 0 Å². The number of amides is 2. The highest BCUT2D eigenvalue weighted by atomic mass is 16.4. The zero-order valence-corrected chi connectivity index (χ0v) is 12.3. The molecule has 3 N–H and O–H groups in total. The summed E-state index contributed by atoms with van der Waals surface area (Å²) in [7, 11) is 0. The van der Waals surface area contributed by atoms with Gasteiger partial charge >= 0.3 is 12.0 Å². The largest absolute Gasteiger partial charge is 0.480 e. The second-order valence-electron chi connectivity index (χ2n) is 7.95. The normalized spacial score (nSPS) is 41.6. The average molecular weight is 292 g/mol. The van der Waals surface area contributed by atoms with Gasteiger partial charge in [0.2, 0.25) is 0 Å². The standard InChI is InChI=1S/C16H24N2O3/c19-14(20)13(12-1-2-12)17-15(21)18-16-6-9-3-10(7-16)5-11(4-9)8-16/h9-13H,1-8H2,(H,19,20)(H2,17,18,21). The van der Waals surface area contributed by atoms with E-state index in [0.29, 0.717) is 0 Å². The number of rotatable bonds is 4. The fraction of sp³-hybridized carbons (Fsp3) is 0.875. The molecule has 0 aromatic carbocycles. The maximum atomic E-state index is 12.3. The number of hydrogen-bond acceptors (Lipinski definition) is 2. The van der Waals surface area contributed by atoms with Crippen LogP contribution in [0.4, 0.5) is 4.79 Å². The summed E-state index contributed by atoms with van der Waals surface area (Å²) in [5.74, 6) is 1.54. The summed E-state index contributed by atoms with van der Waals surface area (Å²) in [6.07, 6.45) is 9.10. The Morgan fingerprint density at radius 2 is 1.52 bits per heavy atom. The van der Waals surface area contributed by atoms with Gasteiger partial charge in [-0.3, -0.25) is 0 Å². The van der Waals surface area contributed by atoms with Gasteiger partial charge in [0.25, 0.3) is 0 Å². The van der Waals surface area contributed by atoms with Crippen LogP contribution in [0.2, 0.25) is 0 Å². The molecule has 5 fully saturated rings. The lowest BCUT2D eigenvalue weighted by atomic mass is 9.53. The molecule has 5 saturated carbocycles. The Morgan fingerprint density at radius 3 is 1.95 bits per heavy atom. The first-order chi connectivity index (χ1) is 10.0. The van der Waals surface area contributed by atoms with Crippen molar-refractivity contribution in [3.63, 3.8) is 0 Å². The fourth-order valence-electron chi connectivity index (χ4n) is 5.49. The molecule has 0 heterocycles. The third-order valence-electron chi connectivity index (χ3n) is 6.06. The Morgan fingerprint density at radius 1 is 1.00 bits per heavy atom.